The molecule has 0 radical (unpaired) electrons. The maximum Gasteiger partial charge on any atom is 0.359 e. The SMILES string of the molecule is C#Cc1[nH]c(=O)ncc1C1OC(CC(C)(CC)OP(=O)(O)C(C)(O)CC)C(O)C1O. The van der Waals surface area contributed by atoms with Gasteiger partial charge in [-0.1, -0.05) is 19.8 Å². The van der Waals surface area contributed by atoms with E-state index in [1.807, 2.05) is 0 Å². The van der Waals surface area contributed by atoms with Crippen molar-refractivity contribution >= 4 is 7.60 Å². The predicted molar refractivity (Wildman–Crippen MR) is 108 cm³/mol. The van der Waals surface area contributed by atoms with Gasteiger partial charge in [0.1, 0.15) is 24.0 Å². The van der Waals surface area contributed by atoms with Crippen LogP contribution in [0.5, 0.6) is 0 Å². The Balaban J connectivity index is 2.27. The molecule has 1 fully saturated rings. The monoisotopic (exact) mass is 444 g/mol. The molecule has 11 heteroatoms. The molecular formula is C19H29N2O8P. The molecule has 7 atom stereocenters. The largest absolute Gasteiger partial charge is 0.388 e. The number of hydrogen-bond donors (Lipinski definition) is 5. The van der Waals surface area contributed by atoms with Crippen molar-refractivity contribution in [2.75, 3.05) is 0 Å². The summed E-state index contributed by atoms with van der Waals surface area (Å²) >= 11 is 0. The lowest BCUT2D eigenvalue weighted by molar-refractivity contribution is -0.0532. The highest BCUT2D eigenvalue weighted by molar-refractivity contribution is 7.54. The van der Waals surface area contributed by atoms with Gasteiger partial charge in [0.05, 0.1) is 11.7 Å². The quantitative estimate of drug-likeness (QED) is 0.288. The van der Waals surface area contributed by atoms with Crippen LogP contribution >= 0.6 is 7.60 Å². The molecule has 1 saturated heterocycles. The number of nitrogens with zero attached hydrogens (tertiary/aromatic N) is 1. The average molecular weight is 444 g/mol. The molecule has 30 heavy (non-hydrogen) atoms. The van der Waals surface area contributed by atoms with Gasteiger partial charge in [0.25, 0.3) is 0 Å². The van der Waals surface area contributed by atoms with Crippen molar-refractivity contribution in [3.8, 4) is 12.3 Å². The second-order valence-corrected chi connectivity index (χ2v) is 10.1. The third kappa shape index (κ3) is 4.84. The topological polar surface area (TPSA) is 162 Å². The van der Waals surface area contributed by atoms with E-state index in [0.717, 1.165) is 0 Å². The zero-order chi connectivity index (χ0) is 22.9. The average Bonchev–Trinajstić information content (AvgIpc) is 2.95. The van der Waals surface area contributed by atoms with Gasteiger partial charge in [-0.3, -0.25) is 9.55 Å². The lowest BCUT2D eigenvalue weighted by Gasteiger charge is -2.37. The third-order valence-electron chi connectivity index (χ3n) is 5.66. The minimum absolute atomic E-state index is 0.00200. The van der Waals surface area contributed by atoms with Crippen LogP contribution in [0.15, 0.2) is 11.0 Å². The van der Waals surface area contributed by atoms with Gasteiger partial charge in [0.2, 0.25) is 0 Å². The summed E-state index contributed by atoms with van der Waals surface area (Å²) in [6.45, 7) is 6.06. The van der Waals surface area contributed by atoms with Gasteiger partial charge >= 0.3 is 13.3 Å². The fraction of sp³-hybridized carbons (Fsp3) is 0.684. The fourth-order valence-electron chi connectivity index (χ4n) is 3.18. The van der Waals surface area contributed by atoms with Crippen molar-refractivity contribution in [3.05, 3.63) is 27.9 Å². The van der Waals surface area contributed by atoms with Crippen LogP contribution in [-0.2, 0) is 13.8 Å². The summed E-state index contributed by atoms with van der Waals surface area (Å²) in [6.07, 6.45) is 2.01. The van der Waals surface area contributed by atoms with E-state index in [9.17, 15) is 29.6 Å². The molecule has 1 aromatic heterocycles. The summed E-state index contributed by atoms with van der Waals surface area (Å²) in [7, 11) is -4.44. The van der Waals surface area contributed by atoms with E-state index < -0.39 is 48.6 Å². The van der Waals surface area contributed by atoms with E-state index in [0.29, 0.717) is 0 Å². The number of rotatable bonds is 8. The van der Waals surface area contributed by atoms with Crippen LogP contribution < -0.4 is 5.69 Å². The van der Waals surface area contributed by atoms with Crippen molar-refractivity contribution < 1.29 is 34.0 Å². The highest BCUT2D eigenvalue weighted by Crippen LogP contribution is 2.59. The standard InChI is InChI=1S/C19H29N2O8P/c1-6-12-11(10-20-17(24)21-12)16-15(23)14(22)13(28-16)9-18(4,7-2)29-30(26,27)19(5,25)8-3/h1,10,13-16,22-23,25H,7-9H2,2-5H3,(H,26,27)(H,20,21,24). The van der Waals surface area contributed by atoms with Crippen LogP contribution in [0, 0.1) is 12.3 Å². The molecule has 0 saturated carbocycles. The molecule has 0 amide bonds. The first-order valence-corrected chi connectivity index (χ1v) is 11.2. The zero-order valence-corrected chi connectivity index (χ0v) is 18.3. The van der Waals surface area contributed by atoms with Crippen molar-refractivity contribution in [2.45, 2.75) is 82.3 Å². The lowest BCUT2D eigenvalue weighted by Crippen LogP contribution is -2.40. The molecule has 0 bridgehead atoms. The first-order valence-electron chi connectivity index (χ1n) is 9.64. The third-order valence-corrected chi connectivity index (χ3v) is 7.88. The Bertz CT molecular complexity index is 911. The minimum atomic E-state index is -4.44. The van der Waals surface area contributed by atoms with Crippen molar-refractivity contribution in [2.24, 2.45) is 0 Å². The molecule has 0 spiro atoms. The molecule has 168 valence electrons. The van der Waals surface area contributed by atoms with Gasteiger partial charge in [-0.15, -0.1) is 6.42 Å². The number of terminal acetylenes is 1. The van der Waals surface area contributed by atoms with E-state index in [2.05, 4.69) is 15.9 Å². The Morgan fingerprint density at radius 2 is 1.97 bits per heavy atom. The molecule has 1 aromatic rings. The molecule has 1 aliphatic rings. The maximum absolute atomic E-state index is 12.6. The Hall–Kier alpha value is -1.57. The fourth-order valence-corrected chi connectivity index (χ4v) is 4.58. The number of aliphatic hydroxyl groups is 3. The molecule has 1 aliphatic heterocycles. The van der Waals surface area contributed by atoms with Gasteiger partial charge in [-0.25, -0.2) is 9.78 Å². The highest BCUT2D eigenvalue weighted by Gasteiger charge is 2.50. The van der Waals surface area contributed by atoms with Crippen LogP contribution in [0.25, 0.3) is 0 Å². The summed E-state index contributed by atoms with van der Waals surface area (Å²) in [6, 6.07) is 0. The number of aromatic amines is 1. The molecule has 0 aromatic carbocycles. The van der Waals surface area contributed by atoms with Gasteiger partial charge in [0, 0.05) is 18.2 Å². The summed E-state index contributed by atoms with van der Waals surface area (Å²) in [4.78, 5) is 27.6. The van der Waals surface area contributed by atoms with Crippen molar-refractivity contribution in [1.82, 2.24) is 9.97 Å². The number of nitrogens with one attached hydrogen (secondary N) is 1. The van der Waals surface area contributed by atoms with Crippen LogP contribution in [0.1, 0.15) is 64.3 Å². The molecule has 5 N–H and O–H groups in total. The Morgan fingerprint density at radius 1 is 1.33 bits per heavy atom. The zero-order valence-electron chi connectivity index (χ0n) is 17.4. The molecule has 2 rings (SSSR count). The lowest BCUT2D eigenvalue weighted by atomic mass is 9.92. The molecule has 7 unspecified atom stereocenters. The van der Waals surface area contributed by atoms with E-state index >= 15 is 0 Å². The van der Waals surface area contributed by atoms with Gasteiger partial charge in [-0.2, -0.15) is 0 Å². The summed E-state index contributed by atoms with van der Waals surface area (Å²) in [5.41, 5.74) is -1.61. The number of H-pyrrole nitrogens is 1. The van der Waals surface area contributed by atoms with Crippen molar-refractivity contribution in [3.63, 3.8) is 0 Å². The number of aliphatic hydroxyl groups excluding tert-OH is 2. The Labute approximate surface area is 174 Å². The van der Waals surface area contributed by atoms with E-state index in [1.54, 1.807) is 20.8 Å². The molecule has 0 aliphatic carbocycles. The second kappa shape index (κ2) is 8.89. The first-order chi connectivity index (χ1) is 13.8. The van der Waals surface area contributed by atoms with Crippen LogP contribution in [0.3, 0.4) is 0 Å². The van der Waals surface area contributed by atoms with E-state index in [-0.39, 0.29) is 30.5 Å². The second-order valence-electron chi connectivity index (χ2n) is 7.93. The highest BCUT2D eigenvalue weighted by atomic mass is 31.2. The van der Waals surface area contributed by atoms with Crippen LogP contribution in [-0.4, -0.2) is 59.4 Å². The summed E-state index contributed by atoms with van der Waals surface area (Å²) < 4.78 is 23.9. The molecule has 10 nitrogen and oxygen atoms in total. The van der Waals surface area contributed by atoms with Gasteiger partial charge in [0.15, 0.2) is 5.34 Å². The Morgan fingerprint density at radius 3 is 2.50 bits per heavy atom. The summed E-state index contributed by atoms with van der Waals surface area (Å²) in [5.74, 6) is 2.29. The maximum atomic E-state index is 12.6. The summed E-state index contributed by atoms with van der Waals surface area (Å²) in [5, 5.41) is 29.3. The van der Waals surface area contributed by atoms with Crippen LogP contribution in [0.4, 0.5) is 0 Å². The van der Waals surface area contributed by atoms with E-state index in [4.69, 9.17) is 15.7 Å². The van der Waals surface area contributed by atoms with E-state index in [1.165, 1.54) is 13.1 Å². The number of hydrogen-bond acceptors (Lipinski definition) is 8. The smallest absolute Gasteiger partial charge is 0.359 e. The van der Waals surface area contributed by atoms with Gasteiger partial charge in [-0.05, 0) is 26.7 Å². The Kier molecular flexibility index (Phi) is 7.32. The van der Waals surface area contributed by atoms with Crippen LogP contribution in [0.2, 0.25) is 0 Å². The first kappa shape index (κ1) is 24.7. The van der Waals surface area contributed by atoms with Crippen molar-refractivity contribution in [1.29, 1.82) is 0 Å². The minimum Gasteiger partial charge on any atom is -0.388 e. The normalized spacial score (nSPS) is 30.1. The number of aromatic nitrogens is 2. The number of ether oxygens (including phenoxy) is 1. The van der Waals surface area contributed by atoms with Gasteiger partial charge < -0.3 is 29.5 Å². The molecule has 2 heterocycles. The predicted octanol–water partition coefficient (Wildman–Crippen LogP) is 0.792. The molecular weight excluding hydrogens is 415 g/mol.